The maximum atomic E-state index is 10.8. The van der Waals surface area contributed by atoms with Crippen LogP contribution < -0.4 is 5.73 Å². The fraction of sp³-hybridized carbons (Fsp3) is 0. The van der Waals surface area contributed by atoms with E-state index < -0.39 is 5.24 Å². The number of anilines is 1. The first-order valence-corrected chi connectivity index (χ1v) is 4.51. The zero-order valence-electron chi connectivity index (χ0n) is 5.77. The molecule has 0 aliphatic carbocycles. The van der Waals surface area contributed by atoms with Crippen LogP contribution in [0, 0.1) is 0 Å². The van der Waals surface area contributed by atoms with E-state index in [9.17, 15) is 4.79 Å². The summed E-state index contributed by atoms with van der Waals surface area (Å²) in [6.45, 7) is 0. The van der Waals surface area contributed by atoms with Crippen LogP contribution in [0.3, 0.4) is 0 Å². The molecule has 0 aromatic heterocycles. The third kappa shape index (κ3) is 1.91. The van der Waals surface area contributed by atoms with Crippen LogP contribution in [0.4, 0.5) is 5.69 Å². The Morgan fingerprint density at radius 2 is 2.08 bits per heavy atom. The van der Waals surface area contributed by atoms with Crippen LogP contribution in [0.1, 0.15) is 10.4 Å². The SMILES string of the molecule is Nc1cc(Cl)c(Br)cc1C(=O)Cl. The number of carbonyl (C=O) groups is 1. The van der Waals surface area contributed by atoms with Gasteiger partial charge in [-0.3, -0.25) is 4.79 Å². The van der Waals surface area contributed by atoms with Crippen LogP contribution in [-0.4, -0.2) is 5.24 Å². The van der Waals surface area contributed by atoms with Crippen LogP contribution in [0.2, 0.25) is 5.02 Å². The lowest BCUT2D eigenvalue weighted by molar-refractivity contribution is 0.108. The minimum Gasteiger partial charge on any atom is -0.398 e. The molecule has 0 saturated carbocycles. The summed E-state index contributed by atoms with van der Waals surface area (Å²) in [4.78, 5) is 10.8. The van der Waals surface area contributed by atoms with Gasteiger partial charge in [0, 0.05) is 10.2 Å². The van der Waals surface area contributed by atoms with Gasteiger partial charge in [-0.25, -0.2) is 0 Å². The van der Waals surface area contributed by atoms with Crippen LogP contribution in [-0.2, 0) is 0 Å². The molecule has 64 valence electrons. The second kappa shape index (κ2) is 3.64. The highest BCUT2D eigenvalue weighted by Crippen LogP contribution is 2.28. The average molecular weight is 269 g/mol. The molecule has 2 N–H and O–H groups in total. The lowest BCUT2D eigenvalue weighted by Gasteiger charge is -2.02. The Morgan fingerprint density at radius 1 is 1.50 bits per heavy atom. The molecule has 0 saturated heterocycles. The van der Waals surface area contributed by atoms with Gasteiger partial charge >= 0.3 is 0 Å². The van der Waals surface area contributed by atoms with Crippen molar-refractivity contribution in [3.63, 3.8) is 0 Å². The Labute approximate surface area is 87.8 Å². The number of halogens is 3. The Hall–Kier alpha value is -0.250. The van der Waals surface area contributed by atoms with Crippen LogP contribution >= 0.6 is 39.1 Å². The van der Waals surface area contributed by atoms with Crippen LogP contribution in [0.25, 0.3) is 0 Å². The van der Waals surface area contributed by atoms with E-state index in [1.807, 2.05) is 0 Å². The van der Waals surface area contributed by atoms with Gasteiger partial charge in [0.1, 0.15) is 0 Å². The van der Waals surface area contributed by atoms with Gasteiger partial charge < -0.3 is 5.73 Å². The monoisotopic (exact) mass is 267 g/mol. The molecule has 0 heterocycles. The molecule has 2 nitrogen and oxygen atoms in total. The minimum absolute atomic E-state index is 0.257. The molecule has 1 aromatic carbocycles. The minimum atomic E-state index is -0.593. The second-order valence-corrected chi connectivity index (χ2v) is 3.73. The predicted octanol–water partition coefficient (Wildman–Crippen LogP) is 3.06. The van der Waals surface area contributed by atoms with Crippen molar-refractivity contribution < 1.29 is 4.79 Å². The predicted molar refractivity (Wildman–Crippen MR) is 53.7 cm³/mol. The van der Waals surface area contributed by atoms with Gasteiger partial charge in [0.2, 0.25) is 0 Å². The normalized spacial score (nSPS) is 9.92. The molecular weight excluding hydrogens is 265 g/mol. The molecule has 0 fully saturated rings. The Morgan fingerprint density at radius 3 is 2.58 bits per heavy atom. The smallest absolute Gasteiger partial charge is 0.254 e. The summed E-state index contributed by atoms with van der Waals surface area (Å²) >= 11 is 14.1. The number of hydrogen-bond donors (Lipinski definition) is 1. The fourth-order valence-corrected chi connectivity index (χ4v) is 1.41. The van der Waals surface area contributed by atoms with Crippen LogP contribution in [0.5, 0.6) is 0 Å². The summed E-state index contributed by atoms with van der Waals surface area (Å²) in [5.41, 5.74) is 6.02. The van der Waals surface area contributed by atoms with Crippen molar-refractivity contribution in [2.75, 3.05) is 5.73 Å². The summed E-state index contributed by atoms with van der Waals surface area (Å²) in [6, 6.07) is 2.97. The zero-order valence-corrected chi connectivity index (χ0v) is 8.87. The number of rotatable bonds is 1. The summed E-state index contributed by atoms with van der Waals surface area (Å²) in [7, 11) is 0. The standard InChI is InChI=1S/C7H4BrCl2NO/c8-4-1-3(7(10)12)6(11)2-5(4)9/h1-2H,11H2. The van der Waals surface area contributed by atoms with Gasteiger partial charge in [-0.15, -0.1) is 0 Å². The topological polar surface area (TPSA) is 43.1 Å². The maximum absolute atomic E-state index is 10.8. The van der Waals surface area contributed by atoms with Crippen LogP contribution in [0.15, 0.2) is 16.6 Å². The number of nitrogen functional groups attached to an aromatic ring is 1. The van der Waals surface area contributed by atoms with E-state index in [-0.39, 0.29) is 11.3 Å². The van der Waals surface area contributed by atoms with Crippen molar-refractivity contribution in [3.8, 4) is 0 Å². The van der Waals surface area contributed by atoms with Crippen molar-refractivity contribution in [2.45, 2.75) is 0 Å². The molecule has 0 aliphatic rings. The molecule has 0 spiro atoms. The highest BCUT2D eigenvalue weighted by Gasteiger charge is 2.09. The highest BCUT2D eigenvalue weighted by molar-refractivity contribution is 9.10. The van der Waals surface area contributed by atoms with E-state index in [2.05, 4.69) is 15.9 Å². The first-order valence-electron chi connectivity index (χ1n) is 2.96. The number of nitrogens with two attached hydrogens (primary N) is 1. The maximum Gasteiger partial charge on any atom is 0.254 e. The molecule has 0 unspecified atom stereocenters. The molecule has 0 aliphatic heterocycles. The molecule has 1 aromatic rings. The van der Waals surface area contributed by atoms with Crippen molar-refractivity contribution >= 4 is 50.1 Å². The van der Waals surface area contributed by atoms with E-state index in [1.165, 1.54) is 12.1 Å². The second-order valence-electron chi connectivity index (χ2n) is 2.13. The lowest BCUT2D eigenvalue weighted by atomic mass is 10.2. The van der Waals surface area contributed by atoms with E-state index in [1.54, 1.807) is 0 Å². The van der Waals surface area contributed by atoms with Gasteiger partial charge in [-0.2, -0.15) is 0 Å². The summed E-state index contributed by atoms with van der Waals surface area (Å²) < 4.78 is 0.599. The third-order valence-corrected chi connectivity index (χ3v) is 2.70. The number of hydrogen-bond acceptors (Lipinski definition) is 2. The lowest BCUT2D eigenvalue weighted by Crippen LogP contribution is -1.97. The van der Waals surface area contributed by atoms with E-state index >= 15 is 0 Å². The summed E-state index contributed by atoms with van der Waals surface area (Å²) in [5.74, 6) is 0. The quantitative estimate of drug-likeness (QED) is 0.628. The molecular formula is C7H4BrCl2NO. The van der Waals surface area contributed by atoms with E-state index in [0.29, 0.717) is 9.50 Å². The highest BCUT2D eigenvalue weighted by atomic mass is 79.9. The van der Waals surface area contributed by atoms with Gasteiger partial charge in [0.15, 0.2) is 0 Å². The molecule has 0 atom stereocenters. The average Bonchev–Trinajstić information content (AvgIpc) is 1.96. The van der Waals surface area contributed by atoms with Gasteiger partial charge in [-0.1, -0.05) is 11.6 Å². The van der Waals surface area contributed by atoms with Crippen molar-refractivity contribution in [1.29, 1.82) is 0 Å². The van der Waals surface area contributed by atoms with Crippen molar-refractivity contribution in [1.82, 2.24) is 0 Å². The van der Waals surface area contributed by atoms with Gasteiger partial charge in [-0.05, 0) is 39.7 Å². The first kappa shape index (κ1) is 9.84. The third-order valence-electron chi connectivity index (χ3n) is 1.30. The molecule has 1 rings (SSSR count). The number of carbonyl (C=O) groups excluding carboxylic acids is 1. The Kier molecular flexibility index (Phi) is 2.99. The van der Waals surface area contributed by atoms with E-state index in [0.717, 1.165) is 0 Å². The van der Waals surface area contributed by atoms with E-state index in [4.69, 9.17) is 28.9 Å². The first-order chi connectivity index (χ1) is 5.52. The zero-order chi connectivity index (χ0) is 9.30. The van der Waals surface area contributed by atoms with Gasteiger partial charge in [0.05, 0.1) is 10.6 Å². The summed E-state index contributed by atoms with van der Waals surface area (Å²) in [5, 5.41) is -0.140. The molecule has 0 amide bonds. The van der Waals surface area contributed by atoms with Crippen molar-refractivity contribution in [2.24, 2.45) is 0 Å². The Bertz CT molecular complexity index is 340. The molecule has 0 bridgehead atoms. The number of benzene rings is 1. The van der Waals surface area contributed by atoms with Crippen molar-refractivity contribution in [3.05, 3.63) is 27.2 Å². The van der Waals surface area contributed by atoms with Gasteiger partial charge in [0.25, 0.3) is 5.24 Å². The molecule has 5 heteroatoms. The summed E-state index contributed by atoms with van der Waals surface area (Å²) in [6.07, 6.45) is 0. The Balaban J connectivity index is 3.33. The molecule has 0 radical (unpaired) electrons. The fourth-order valence-electron chi connectivity index (χ4n) is 0.732. The largest absolute Gasteiger partial charge is 0.398 e. The molecule has 12 heavy (non-hydrogen) atoms.